The molecular weight excluding hydrogens is 512 g/mol. The Morgan fingerprint density at radius 1 is 0.949 bits per heavy atom. The highest BCUT2D eigenvalue weighted by Gasteiger charge is 2.21. The second kappa shape index (κ2) is 11.1. The van der Waals surface area contributed by atoms with Crippen molar-refractivity contribution in [1.29, 1.82) is 0 Å². The van der Waals surface area contributed by atoms with Crippen molar-refractivity contribution in [2.75, 3.05) is 0 Å². The molecule has 1 amide bonds. The Morgan fingerprint density at radius 2 is 1.72 bits per heavy atom. The first-order valence-electron chi connectivity index (χ1n) is 12.7. The summed E-state index contributed by atoms with van der Waals surface area (Å²) in [5.74, 6) is -0.949. The monoisotopic (exact) mass is 538 g/mol. The van der Waals surface area contributed by atoms with E-state index in [1.54, 1.807) is 30.3 Å². The van der Waals surface area contributed by atoms with Gasteiger partial charge in [0.15, 0.2) is 5.65 Å². The highest BCUT2D eigenvalue weighted by atomic mass is 35.5. The first-order valence-corrected chi connectivity index (χ1v) is 13.1. The van der Waals surface area contributed by atoms with Gasteiger partial charge in [-0.2, -0.15) is 0 Å². The lowest BCUT2D eigenvalue weighted by atomic mass is 9.93. The van der Waals surface area contributed by atoms with E-state index in [2.05, 4.69) is 27.2 Å². The SMILES string of the molecule is CCC[C@@H](NC(=O)c1ccc(-c2cc(Cl)ccc2-c2nc3nc(C)ccc3[nH]2)c(C(=O)O)c1)c1ccccc1. The fraction of sp³-hybridized carbons (Fsp3) is 0.161. The molecule has 0 fully saturated rings. The van der Waals surface area contributed by atoms with Crippen molar-refractivity contribution in [2.24, 2.45) is 0 Å². The Balaban J connectivity index is 1.54. The number of halogens is 1. The highest BCUT2D eigenvalue weighted by molar-refractivity contribution is 6.31. The number of hydrogen-bond donors (Lipinski definition) is 3. The number of H-pyrrole nitrogens is 1. The van der Waals surface area contributed by atoms with Crippen molar-refractivity contribution < 1.29 is 14.7 Å². The summed E-state index contributed by atoms with van der Waals surface area (Å²) in [4.78, 5) is 38.1. The first-order chi connectivity index (χ1) is 18.8. The molecule has 0 radical (unpaired) electrons. The Bertz CT molecular complexity index is 1680. The minimum absolute atomic E-state index is 0.0111. The molecule has 0 aliphatic heterocycles. The molecule has 0 aliphatic carbocycles. The third-order valence-electron chi connectivity index (χ3n) is 6.61. The van der Waals surface area contributed by atoms with Gasteiger partial charge in [-0.15, -0.1) is 0 Å². The minimum atomic E-state index is -1.15. The van der Waals surface area contributed by atoms with Crippen LogP contribution in [0.15, 0.2) is 78.9 Å². The lowest BCUT2D eigenvalue weighted by molar-refractivity contribution is 0.0697. The predicted molar refractivity (Wildman–Crippen MR) is 153 cm³/mol. The number of nitrogens with zero attached hydrogens (tertiary/aromatic N) is 2. The normalized spacial score (nSPS) is 11.9. The Morgan fingerprint density at radius 3 is 2.46 bits per heavy atom. The van der Waals surface area contributed by atoms with Crippen LogP contribution in [-0.2, 0) is 0 Å². The van der Waals surface area contributed by atoms with Crippen LogP contribution in [0.2, 0.25) is 5.02 Å². The van der Waals surface area contributed by atoms with Crippen molar-refractivity contribution >= 4 is 34.6 Å². The predicted octanol–water partition coefficient (Wildman–Crippen LogP) is 7.22. The molecule has 8 heteroatoms. The van der Waals surface area contributed by atoms with Crippen LogP contribution in [0.3, 0.4) is 0 Å². The van der Waals surface area contributed by atoms with Gasteiger partial charge < -0.3 is 15.4 Å². The summed E-state index contributed by atoms with van der Waals surface area (Å²) in [5.41, 5.74) is 5.10. The smallest absolute Gasteiger partial charge is 0.336 e. The fourth-order valence-electron chi connectivity index (χ4n) is 4.70. The summed E-state index contributed by atoms with van der Waals surface area (Å²) in [6.07, 6.45) is 1.64. The average molecular weight is 539 g/mol. The van der Waals surface area contributed by atoms with Crippen LogP contribution < -0.4 is 5.32 Å². The van der Waals surface area contributed by atoms with Crippen LogP contribution in [0.5, 0.6) is 0 Å². The molecule has 0 unspecified atom stereocenters. The first kappa shape index (κ1) is 26.1. The van der Waals surface area contributed by atoms with Crippen molar-refractivity contribution in [3.63, 3.8) is 0 Å². The summed E-state index contributed by atoms with van der Waals surface area (Å²) >= 11 is 6.36. The number of aryl methyl sites for hydroxylation is 1. The van der Waals surface area contributed by atoms with Crippen LogP contribution in [0.1, 0.15) is 57.8 Å². The van der Waals surface area contributed by atoms with Gasteiger partial charge in [0.25, 0.3) is 5.91 Å². The van der Waals surface area contributed by atoms with Crippen LogP contribution in [0, 0.1) is 6.92 Å². The van der Waals surface area contributed by atoms with E-state index in [0.29, 0.717) is 33.2 Å². The van der Waals surface area contributed by atoms with E-state index in [1.165, 1.54) is 6.07 Å². The summed E-state index contributed by atoms with van der Waals surface area (Å²) in [7, 11) is 0. The van der Waals surface area contributed by atoms with Crippen LogP contribution in [0.4, 0.5) is 0 Å². The zero-order valence-corrected chi connectivity index (χ0v) is 22.3. The molecule has 0 saturated heterocycles. The van der Waals surface area contributed by atoms with Gasteiger partial charge in [0.2, 0.25) is 0 Å². The van der Waals surface area contributed by atoms with Crippen molar-refractivity contribution in [3.05, 3.63) is 106 Å². The maximum atomic E-state index is 13.2. The van der Waals surface area contributed by atoms with Crippen molar-refractivity contribution in [1.82, 2.24) is 20.3 Å². The molecule has 3 aromatic carbocycles. The molecular formula is C31H27ClN4O3. The minimum Gasteiger partial charge on any atom is -0.478 e. The number of carboxylic acid groups (broad SMARTS) is 1. The maximum Gasteiger partial charge on any atom is 0.336 e. The third-order valence-corrected chi connectivity index (χ3v) is 6.84. The number of benzene rings is 3. The molecule has 39 heavy (non-hydrogen) atoms. The Hall–Kier alpha value is -4.49. The molecule has 0 aliphatic rings. The number of carboxylic acids is 1. The van der Waals surface area contributed by atoms with Gasteiger partial charge in [-0.05, 0) is 72.5 Å². The maximum absolute atomic E-state index is 13.2. The Labute approximate surface area is 230 Å². The fourth-order valence-corrected chi connectivity index (χ4v) is 4.87. The molecule has 0 saturated carbocycles. The summed E-state index contributed by atoms with van der Waals surface area (Å²) < 4.78 is 0. The number of carbonyl (C=O) groups is 2. The third kappa shape index (κ3) is 5.54. The lowest BCUT2D eigenvalue weighted by Gasteiger charge is -2.19. The van der Waals surface area contributed by atoms with Gasteiger partial charge in [0, 0.05) is 21.8 Å². The zero-order chi connectivity index (χ0) is 27.5. The van der Waals surface area contributed by atoms with E-state index in [4.69, 9.17) is 11.6 Å². The molecule has 5 rings (SSSR count). The number of nitrogens with one attached hydrogen (secondary N) is 2. The molecule has 196 valence electrons. The number of carbonyl (C=O) groups excluding carboxylic acids is 1. The molecule has 5 aromatic rings. The van der Waals surface area contributed by atoms with E-state index in [9.17, 15) is 14.7 Å². The molecule has 1 atom stereocenters. The number of aromatic carboxylic acids is 1. The molecule has 7 nitrogen and oxygen atoms in total. The van der Waals surface area contributed by atoms with Crippen molar-refractivity contribution in [2.45, 2.75) is 32.7 Å². The van der Waals surface area contributed by atoms with Crippen molar-refractivity contribution in [3.8, 4) is 22.5 Å². The second-order valence-electron chi connectivity index (χ2n) is 9.39. The molecule has 3 N–H and O–H groups in total. The van der Waals surface area contributed by atoms with E-state index in [0.717, 1.165) is 29.6 Å². The molecule has 0 spiro atoms. The van der Waals surface area contributed by atoms with Crippen LogP contribution >= 0.6 is 11.6 Å². The number of hydrogen-bond acceptors (Lipinski definition) is 4. The number of aromatic nitrogens is 3. The van der Waals surface area contributed by atoms with Gasteiger partial charge in [-0.1, -0.05) is 61.3 Å². The van der Waals surface area contributed by atoms with Crippen LogP contribution in [0.25, 0.3) is 33.7 Å². The van der Waals surface area contributed by atoms with E-state index in [1.807, 2.05) is 49.4 Å². The van der Waals surface area contributed by atoms with Gasteiger partial charge in [-0.25, -0.2) is 14.8 Å². The highest BCUT2D eigenvalue weighted by Crippen LogP contribution is 2.36. The number of rotatable bonds is 8. The Kier molecular flexibility index (Phi) is 7.43. The quantitative estimate of drug-likeness (QED) is 0.193. The second-order valence-corrected chi connectivity index (χ2v) is 9.83. The van der Waals surface area contributed by atoms with Gasteiger partial charge in [-0.3, -0.25) is 4.79 Å². The largest absolute Gasteiger partial charge is 0.478 e. The molecule has 0 bridgehead atoms. The summed E-state index contributed by atoms with van der Waals surface area (Å²) in [6, 6.07) is 23.3. The summed E-state index contributed by atoms with van der Waals surface area (Å²) in [6.45, 7) is 3.95. The number of pyridine rings is 1. The van der Waals surface area contributed by atoms with Gasteiger partial charge >= 0.3 is 5.97 Å². The topological polar surface area (TPSA) is 108 Å². The molecule has 2 heterocycles. The number of amides is 1. The number of imidazole rings is 1. The standard InChI is InChI=1S/C31H27ClN4O3/c1-3-7-26(19-8-5-4-6-9-19)35-30(37)20-11-13-22(25(16-20)31(38)39)24-17-21(32)12-14-23(24)28-34-27-15-10-18(2)33-29(27)36-28/h4-6,8-17,26H,3,7H2,1-2H3,(H,35,37)(H,38,39)(H,33,34,36)/t26-/m1/s1. The van der Waals surface area contributed by atoms with Gasteiger partial charge in [0.1, 0.15) is 5.82 Å². The van der Waals surface area contributed by atoms with Crippen LogP contribution in [-0.4, -0.2) is 31.9 Å². The van der Waals surface area contributed by atoms with E-state index >= 15 is 0 Å². The zero-order valence-electron chi connectivity index (χ0n) is 21.5. The average Bonchev–Trinajstić information content (AvgIpc) is 3.35. The lowest BCUT2D eigenvalue weighted by Crippen LogP contribution is -2.28. The van der Waals surface area contributed by atoms with E-state index in [-0.39, 0.29) is 23.1 Å². The summed E-state index contributed by atoms with van der Waals surface area (Å²) in [5, 5.41) is 13.7. The van der Waals surface area contributed by atoms with Gasteiger partial charge in [0.05, 0.1) is 17.1 Å². The number of fused-ring (bicyclic) bond motifs is 1. The molecule has 2 aromatic heterocycles. The van der Waals surface area contributed by atoms with E-state index < -0.39 is 5.97 Å². The number of aromatic amines is 1.